The highest BCUT2D eigenvalue weighted by molar-refractivity contribution is 5.93. The molecule has 8 heteroatoms. The second kappa shape index (κ2) is 7.85. The topological polar surface area (TPSA) is 101 Å². The molecule has 3 rings (SSSR count). The molecule has 1 saturated heterocycles. The average molecular weight is 374 g/mol. The van der Waals surface area contributed by atoms with Gasteiger partial charge in [-0.15, -0.1) is 0 Å². The Kier molecular flexibility index (Phi) is 5.53. The van der Waals surface area contributed by atoms with Crippen molar-refractivity contribution in [3.05, 3.63) is 42.0 Å². The van der Waals surface area contributed by atoms with E-state index in [1.54, 1.807) is 17.2 Å². The molecule has 0 unspecified atom stereocenters. The molecule has 0 atom stereocenters. The van der Waals surface area contributed by atoms with E-state index in [0.717, 1.165) is 5.76 Å². The summed E-state index contributed by atoms with van der Waals surface area (Å²) in [5, 5.41) is 5.71. The van der Waals surface area contributed by atoms with Gasteiger partial charge in [-0.25, -0.2) is 9.78 Å². The first-order valence-electron chi connectivity index (χ1n) is 9.14. The summed E-state index contributed by atoms with van der Waals surface area (Å²) >= 11 is 0. The minimum atomic E-state index is -0.259. The van der Waals surface area contributed by atoms with Gasteiger partial charge in [0.15, 0.2) is 0 Å². The van der Waals surface area contributed by atoms with Gasteiger partial charge in [0, 0.05) is 24.5 Å². The SMILES string of the molecule is CC(C)(C)c1cnc(CNC(=O)NC2CCN(C(=O)c3ccoc3)CC2)o1. The van der Waals surface area contributed by atoms with Crippen LogP contribution >= 0.6 is 0 Å². The van der Waals surface area contributed by atoms with Gasteiger partial charge < -0.3 is 24.4 Å². The van der Waals surface area contributed by atoms with E-state index in [0.29, 0.717) is 37.4 Å². The maximum Gasteiger partial charge on any atom is 0.315 e. The Labute approximate surface area is 158 Å². The molecule has 3 heterocycles. The third-order valence-corrected chi connectivity index (χ3v) is 4.58. The number of carbonyl (C=O) groups is 2. The van der Waals surface area contributed by atoms with Crippen molar-refractivity contribution in [3.8, 4) is 0 Å². The number of nitrogens with one attached hydrogen (secondary N) is 2. The summed E-state index contributed by atoms with van der Waals surface area (Å²) in [5.41, 5.74) is 0.440. The smallest absolute Gasteiger partial charge is 0.315 e. The summed E-state index contributed by atoms with van der Waals surface area (Å²) < 4.78 is 10.6. The van der Waals surface area contributed by atoms with Gasteiger partial charge in [-0.3, -0.25) is 4.79 Å². The number of likely N-dealkylation sites (tertiary alicyclic amines) is 1. The van der Waals surface area contributed by atoms with E-state index >= 15 is 0 Å². The monoisotopic (exact) mass is 374 g/mol. The van der Waals surface area contributed by atoms with Gasteiger partial charge in [0.05, 0.1) is 24.6 Å². The van der Waals surface area contributed by atoms with Crippen molar-refractivity contribution in [1.82, 2.24) is 20.5 Å². The van der Waals surface area contributed by atoms with E-state index in [-0.39, 0.29) is 29.9 Å². The number of furan rings is 1. The number of oxazole rings is 1. The van der Waals surface area contributed by atoms with Gasteiger partial charge in [0.1, 0.15) is 12.0 Å². The Bertz CT molecular complexity index is 768. The largest absolute Gasteiger partial charge is 0.472 e. The van der Waals surface area contributed by atoms with Crippen LogP contribution in [0.25, 0.3) is 0 Å². The number of amides is 3. The minimum absolute atomic E-state index is 0.0353. The van der Waals surface area contributed by atoms with Crippen molar-refractivity contribution in [3.63, 3.8) is 0 Å². The Balaban J connectivity index is 1.40. The fraction of sp³-hybridized carbons (Fsp3) is 0.526. The first-order chi connectivity index (χ1) is 12.8. The van der Waals surface area contributed by atoms with Crippen molar-refractivity contribution < 1.29 is 18.4 Å². The van der Waals surface area contributed by atoms with Gasteiger partial charge >= 0.3 is 6.03 Å². The van der Waals surface area contributed by atoms with Crippen molar-refractivity contribution in [2.75, 3.05) is 13.1 Å². The predicted molar refractivity (Wildman–Crippen MR) is 98.2 cm³/mol. The van der Waals surface area contributed by atoms with E-state index in [4.69, 9.17) is 8.83 Å². The fourth-order valence-electron chi connectivity index (χ4n) is 2.93. The van der Waals surface area contributed by atoms with Crippen LogP contribution in [-0.2, 0) is 12.0 Å². The Hall–Kier alpha value is -2.77. The molecule has 0 spiro atoms. The molecule has 2 aromatic rings. The van der Waals surface area contributed by atoms with E-state index in [1.165, 1.54) is 12.5 Å². The van der Waals surface area contributed by atoms with E-state index in [9.17, 15) is 9.59 Å². The second-order valence-electron chi connectivity index (χ2n) is 7.77. The van der Waals surface area contributed by atoms with Crippen LogP contribution in [0.3, 0.4) is 0 Å². The van der Waals surface area contributed by atoms with Gasteiger partial charge in [-0.2, -0.15) is 0 Å². The lowest BCUT2D eigenvalue weighted by atomic mass is 9.94. The highest BCUT2D eigenvalue weighted by Crippen LogP contribution is 2.22. The molecule has 0 saturated carbocycles. The van der Waals surface area contributed by atoms with Crippen LogP contribution in [-0.4, -0.2) is 41.0 Å². The minimum Gasteiger partial charge on any atom is -0.472 e. The molecule has 0 radical (unpaired) electrons. The van der Waals surface area contributed by atoms with Crippen LogP contribution < -0.4 is 10.6 Å². The Morgan fingerprint density at radius 3 is 2.63 bits per heavy atom. The molecular weight excluding hydrogens is 348 g/mol. The average Bonchev–Trinajstić information content (AvgIpc) is 3.31. The fourth-order valence-corrected chi connectivity index (χ4v) is 2.93. The predicted octanol–water partition coefficient (Wildman–Crippen LogP) is 2.67. The number of carbonyl (C=O) groups excluding carboxylic acids is 2. The van der Waals surface area contributed by atoms with Crippen LogP contribution in [0.2, 0.25) is 0 Å². The summed E-state index contributed by atoms with van der Waals surface area (Å²) in [6, 6.07) is 1.44. The molecule has 27 heavy (non-hydrogen) atoms. The van der Waals surface area contributed by atoms with E-state index in [2.05, 4.69) is 15.6 Å². The molecule has 1 aliphatic rings. The number of piperidine rings is 1. The standard InChI is InChI=1S/C19H26N4O4/c1-19(2,3)15-10-20-16(27-15)11-21-18(25)22-14-4-7-23(8-5-14)17(24)13-6-9-26-12-13/h6,9-10,12,14H,4-5,7-8,11H2,1-3H3,(H2,21,22,25). The Morgan fingerprint density at radius 1 is 1.30 bits per heavy atom. The summed E-state index contributed by atoms with van der Waals surface area (Å²) in [7, 11) is 0. The van der Waals surface area contributed by atoms with Gasteiger partial charge in [0.25, 0.3) is 5.91 Å². The highest BCUT2D eigenvalue weighted by atomic mass is 16.4. The lowest BCUT2D eigenvalue weighted by Gasteiger charge is -2.32. The molecule has 0 aromatic carbocycles. The van der Waals surface area contributed by atoms with Crippen LogP contribution in [0.15, 0.2) is 33.6 Å². The maximum absolute atomic E-state index is 12.3. The van der Waals surface area contributed by atoms with Crippen molar-refractivity contribution in [1.29, 1.82) is 0 Å². The zero-order valence-electron chi connectivity index (χ0n) is 15.9. The Morgan fingerprint density at radius 2 is 2.04 bits per heavy atom. The van der Waals surface area contributed by atoms with Crippen molar-refractivity contribution in [2.45, 2.75) is 51.6 Å². The quantitative estimate of drug-likeness (QED) is 0.857. The summed E-state index contributed by atoms with van der Waals surface area (Å²) in [5.74, 6) is 1.23. The molecule has 146 valence electrons. The summed E-state index contributed by atoms with van der Waals surface area (Å²) in [6.07, 6.45) is 6.06. The molecule has 8 nitrogen and oxygen atoms in total. The van der Waals surface area contributed by atoms with Crippen LogP contribution in [0.1, 0.15) is 55.6 Å². The van der Waals surface area contributed by atoms with Gasteiger partial charge in [0.2, 0.25) is 5.89 Å². The number of hydrogen-bond donors (Lipinski definition) is 2. The lowest BCUT2D eigenvalue weighted by Crippen LogP contribution is -2.49. The zero-order chi connectivity index (χ0) is 19.4. The number of urea groups is 1. The maximum atomic E-state index is 12.3. The zero-order valence-corrected chi connectivity index (χ0v) is 15.9. The number of nitrogens with zero attached hydrogens (tertiary/aromatic N) is 2. The molecule has 3 amide bonds. The number of rotatable bonds is 4. The van der Waals surface area contributed by atoms with Crippen molar-refractivity contribution in [2.24, 2.45) is 0 Å². The second-order valence-corrected chi connectivity index (χ2v) is 7.77. The van der Waals surface area contributed by atoms with E-state index in [1.807, 2.05) is 20.8 Å². The molecule has 0 bridgehead atoms. The van der Waals surface area contributed by atoms with E-state index < -0.39 is 0 Å². The summed E-state index contributed by atoms with van der Waals surface area (Å²) in [4.78, 5) is 30.3. The molecule has 0 aliphatic carbocycles. The van der Waals surface area contributed by atoms with Crippen LogP contribution in [0.5, 0.6) is 0 Å². The normalized spacial score (nSPS) is 15.6. The third-order valence-electron chi connectivity index (χ3n) is 4.58. The first kappa shape index (κ1) is 19.0. The van der Waals surface area contributed by atoms with Gasteiger partial charge in [-0.05, 0) is 18.9 Å². The third kappa shape index (κ3) is 4.90. The summed E-state index contributed by atoms with van der Waals surface area (Å²) in [6.45, 7) is 7.57. The molecule has 2 aromatic heterocycles. The lowest BCUT2D eigenvalue weighted by molar-refractivity contribution is 0.0707. The molecule has 2 N–H and O–H groups in total. The number of aromatic nitrogens is 1. The number of hydrogen-bond acceptors (Lipinski definition) is 5. The molecular formula is C19H26N4O4. The van der Waals surface area contributed by atoms with Gasteiger partial charge in [-0.1, -0.05) is 20.8 Å². The highest BCUT2D eigenvalue weighted by Gasteiger charge is 2.25. The van der Waals surface area contributed by atoms with Crippen molar-refractivity contribution >= 4 is 11.9 Å². The van der Waals surface area contributed by atoms with Crippen LogP contribution in [0, 0.1) is 0 Å². The molecule has 1 fully saturated rings. The van der Waals surface area contributed by atoms with Crippen LogP contribution in [0.4, 0.5) is 4.79 Å². The molecule has 1 aliphatic heterocycles. The first-order valence-corrected chi connectivity index (χ1v) is 9.14.